The minimum Gasteiger partial charge on any atom is -0.386 e. The minimum atomic E-state index is -0.730. The molecule has 0 aromatic heterocycles. The minimum absolute atomic E-state index is 0.730. The Morgan fingerprint density at radius 2 is 1.61 bits per heavy atom. The first kappa shape index (κ1) is 15.2. The molecule has 0 aliphatic carbocycles. The first-order valence-corrected chi connectivity index (χ1v) is 7.33. The van der Waals surface area contributed by atoms with Crippen LogP contribution in [0.25, 0.3) is 0 Å². The van der Waals surface area contributed by atoms with Gasteiger partial charge < -0.3 is 5.11 Å². The molecular formula is C17H28O. The van der Waals surface area contributed by atoms with Crippen LogP contribution >= 0.6 is 0 Å². The van der Waals surface area contributed by atoms with Crippen LogP contribution in [-0.4, -0.2) is 5.11 Å². The standard InChI is InChI=1S/C17H28O/c1-5-7-9-14-11-12-16(17(3,4)18)15(13-14)10-8-6-2/h11-13,18H,5-10H2,1-4H3. The molecule has 0 amide bonds. The quantitative estimate of drug-likeness (QED) is 0.747. The van der Waals surface area contributed by atoms with Crippen molar-refractivity contribution in [3.05, 3.63) is 34.9 Å². The third-order valence-corrected chi connectivity index (χ3v) is 3.45. The zero-order chi connectivity index (χ0) is 13.6. The van der Waals surface area contributed by atoms with Crippen LogP contribution < -0.4 is 0 Å². The molecule has 102 valence electrons. The maximum absolute atomic E-state index is 10.2. The lowest BCUT2D eigenvalue weighted by Gasteiger charge is -2.22. The molecule has 1 nitrogen and oxygen atoms in total. The average Bonchev–Trinajstić information content (AvgIpc) is 2.32. The SMILES string of the molecule is CCCCc1ccc(C(C)(C)O)c(CCCC)c1. The van der Waals surface area contributed by atoms with Crippen molar-refractivity contribution in [1.29, 1.82) is 0 Å². The van der Waals surface area contributed by atoms with Crippen molar-refractivity contribution in [1.82, 2.24) is 0 Å². The molecular weight excluding hydrogens is 220 g/mol. The van der Waals surface area contributed by atoms with E-state index in [1.165, 1.54) is 36.8 Å². The maximum Gasteiger partial charge on any atom is 0.0843 e. The summed E-state index contributed by atoms with van der Waals surface area (Å²) in [5.41, 5.74) is 3.11. The molecule has 18 heavy (non-hydrogen) atoms. The number of aryl methyl sites for hydroxylation is 2. The molecule has 0 heterocycles. The fourth-order valence-corrected chi connectivity index (χ4v) is 2.35. The summed E-state index contributed by atoms with van der Waals surface area (Å²) < 4.78 is 0. The van der Waals surface area contributed by atoms with Gasteiger partial charge in [-0.25, -0.2) is 0 Å². The summed E-state index contributed by atoms with van der Waals surface area (Å²) in [7, 11) is 0. The van der Waals surface area contributed by atoms with Gasteiger partial charge in [0.2, 0.25) is 0 Å². The van der Waals surface area contributed by atoms with Crippen LogP contribution in [0.15, 0.2) is 18.2 Å². The molecule has 0 bridgehead atoms. The molecule has 0 saturated heterocycles. The molecule has 0 fully saturated rings. The summed E-state index contributed by atoms with van der Waals surface area (Å²) in [6, 6.07) is 6.60. The van der Waals surface area contributed by atoms with Gasteiger partial charge in [-0.15, -0.1) is 0 Å². The molecule has 1 heteroatoms. The van der Waals surface area contributed by atoms with Gasteiger partial charge in [-0.3, -0.25) is 0 Å². The first-order valence-electron chi connectivity index (χ1n) is 7.33. The molecule has 1 rings (SSSR count). The van der Waals surface area contributed by atoms with Gasteiger partial charge in [0.15, 0.2) is 0 Å². The Kier molecular flexibility index (Phi) is 5.87. The van der Waals surface area contributed by atoms with Crippen LogP contribution in [0, 0.1) is 0 Å². The highest BCUT2D eigenvalue weighted by atomic mass is 16.3. The van der Waals surface area contributed by atoms with E-state index in [1.54, 1.807) is 0 Å². The van der Waals surface area contributed by atoms with Crippen molar-refractivity contribution in [2.24, 2.45) is 0 Å². The summed E-state index contributed by atoms with van der Waals surface area (Å²) in [5, 5.41) is 10.2. The van der Waals surface area contributed by atoms with E-state index in [4.69, 9.17) is 0 Å². The molecule has 1 aromatic carbocycles. The summed E-state index contributed by atoms with van der Waals surface area (Å²) >= 11 is 0. The molecule has 0 spiro atoms. The Labute approximate surface area is 112 Å². The first-order chi connectivity index (χ1) is 8.49. The van der Waals surface area contributed by atoms with Crippen LogP contribution in [0.5, 0.6) is 0 Å². The lowest BCUT2D eigenvalue weighted by molar-refractivity contribution is 0.0775. The van der Waals surface area contributed by atoms with E-state index in [0.29, 0.717) is 0 Å². The van der Waals surface area contributed by atoms with Gasteiger partial charge in [0.05, 0.1) is 5.60 Å². The van der Waals surface area contributed by atoms with Crippen LogP contribution in [0.3, 0.4) is 0 Å². The Hall–Kier alpha value is -0.820. The van der Waals surface area contributed by atoms with Gasteiger partial charge in [-0.05, 0) is 56.2 Å². The van der Waals surface area contributed by atoms with Gasteiger partial charge in [0.1, 0.15) is 0 Å². The Balaban J connectivity index is 2.96. The van der Waals surface area contributed by atoms with E-state index in [9.17, 15) is 5.11 Å². The van der Waals surface area contributed by atoms with Gasteiger partial charge in [0, 0.05) is 0 Å². The highest BCUT2D eigenvalue weighted by molar-refractivity contribution is 5.35. The molecule has 0 saturated carbocycles. The van der Waals surface area contributed by atoms with E-state index in [0.717, 1.165) is 18.4 Å². The van der Waals surface area contributed by atoms with Crippen molar-refractivity contribution in [2.45, 2.75) is 71.8 Å². The third-order valence-electron chi connectivity index (χ3n) is 3.45. The van der Waals surface area contributed by atoms with Crippen molar-refractivity contribution >= 4 is 0 Å². The zero-order valence-corrected chi connectivity index (χ0v) is 12.4. The predicted octanol–water partition coefficient (Wildman–Crippen LogP) is 4.60. The molecule has 1 aromatic rings. The highest BCUT2D eigenvalue weighted by Gasteiger charge is 2.19. The fraction of sp³-hybridized carbons (Fsp3) is 0.647. The topological polar surface area (TPSA) is 20.2 Å². The van der Waals surface area contributed by atoms with Crippen LogP contribution in [0.2, 0.25) is 0 Å². The van der Waals surface area contributed by atoms with E-state index < -0.39 is 5.60 Å². The fourth-order valence-electron chi connectivity index (χ4n) is 2.35. The van der Waals surface area contributed by atoms with Crippen molar-refractivity contribution in [2.75, 3.05) is 0 Å². The second-order valence-electron chi connectivity index (χ2n) is 5.76. The second kappa shape index (κ2) is 6.94. The molecule has 0 radical (unpaired) electrons. The smallest absolute Gasteiger partial charge is 0.0843 e. The molecule has 0 atom stereocenters. The number of unbranched alkanes of at least 4 members (excludes halogenated alkanes) is 2. The number of rotatable bonds is 7. The molecule has 0 aliphatic rings. The average molecular weight is 248 g/mol. The zero-order valence-electron chi connectivity index (χ0n) is 12.4. The van der Waals surface area contributed by atoms with Crippen molar-refractivity contribution in [3.8, 4) is 0 Å². The van der Waals surface area contributed by atoms with Crippen LogP contribution in [0.1, 0.15) is 70.1 Å². The summed E-state index contributed by atoms with van der Waals surface area (Å²) in [4.78, 5) is 0. The van der Waals surface area contributed by atoms with E-state index in [2.05, 4.69) is 32.0 Å². The molecule has 0 unspecified atom stereocenters. The molecule has 0 aliphatic heterocycles. The molecule has 1 N–H and O–H groups in total. The summed E-state index contributed by atoms with van der Waals surface area (Å²) in [6.07, 6.45) is 7.11. The highest BCUT2D eigenvalue weighted by Crippen LogP contribution is 2.26. The lowest BCUT2D eigenvalue weighted by atomic mass is 9.88. The lowest BCUT2D eigenvalue weighted by Crippen LogP contribution is -2.18. The summed E-state index contributed by atoms with van der Waals surface area (Å²) in [5.74, 6) is 0. The Morgan fingerprint density at radius 3 is 2.17 bits per heavy atom. The number of hydrogen-bond donors (Lipinski definition) is 1. The third kappa shape index (κ3) is 4.45. The monoisotopic (exact) mass is 248 g/mol. The maximum atomic E-state index is 10.2. The number of benzene rings is 1. The van der Waals surface area contributed by atoms with Crippen molar-refractivity contribution < 1.29 is 5.11 Å². The van der Waals surface area contributed by atoms with Crippen LogP contribution in [0.4, 0.5) is 0 Å². The summed E-state index contributed by atoms with van der Waals surface area (Å²) in [6.45, 7) is 8.20. The Bertz CT molecular complexity index is 360. The van der Waals surface area contributed by atoms with Gasteiger partial charge in [-0.2, -0.15) is 0 Å². The normalized spacial score (nSPS) is 11.8. The van der Waals surface area contributed by atoms with E-state index >= 15 is 0 Å². The van der Waals surface area contributed by atoms with Gasteiger partial charge in [-0.1, -0.05) is 44.9 Å². The number of aliphatic hydroxyl groups is 1. The van der Waals surface area contributed by atoms with Gasteiger partial charge >= 0.3 is 0 Å². The van der Waals surface area contributed by atoms with Crippen LogP contribution in [-0.2, 0) is 18.4 Å². The van der Waals surface area contributed by atoms with E-state index in [-0.39, 0.29) is 0 Å². The van der Waals surface area contributed by atoms with E-state index in [1.807, 2.05) is 13.8 Å². The second-order valence-corrected chi connectivity index (χ2v) is 5.76. The predicted molar refractivity (Wildman–Crippen MR) is 78.9 cm³/mol. The van der Waals surface area contributed by atoms with Crippen molar-refractivity contribution in [3.63, 3.8) is 0 Å². The number of hydrogen-bond acceptors (Lipinski definition) is 1. The largest absolute Gasteiger partial charge is 0.386 e. The van der Waals surface area contributed by atoms with Gasteiger partial charge in [0.25, 0.3) is 0 Å². The Morgan fingerprint density at radius 1 is 1.00 bits per heavy atom.